The highest BCUT2D eigenvalue weighted by molar-refractivity contribution is 9.10. The summed E-state index contributed by atoms with van der Waals surface area (Å²) in [6.45, 7) is 0.971. The molecule has 0 saturated heterocycles. The molecule has 6 nitrogen and oxygen atoms in total. The number of carboxylic acid groups (broad SMARTS) is 1. The zero-order valence-electron chi connectivity index (χ0n) is 11.5. The number of aliphatic carboxylic acids is 1. The Morgan fingerprint density at radius 3 is 2.45 bits per heavy atom. The molecular weight excluding hydrogens is 326 g/mol. The van der Waals surface area contributed by atoms with E-state index in [4.69, 9.17) is 10.8 Å². The molecule has 1 rings (SSSR count). The lowest BCUT2D eigenvalue weighted by Crippen LogP contribution is -2.37. The van der Waals surface area contributed by atoms with Gasteiger partial charge in [0, 0.05) is 17.6 Å². The van der Waals surface area contributed by atoms with Gasteiger partial charge in [0.25, 0.3) is 5.91 Å². The highest BCUT2D eigenvalue weighted by atomic mass is 79.9. The minimum Gasteiger partial charge on any atom is -0.480 e. The topological polar surface area (TPSA) is 86.9 Å². The van der Waals surface area contributed by atoms with Crippen LogP contribution in [0.25, 0.3) is 0 Å². The van der Waals surface area contributed by atoms with Gasteiger partial charge in [0.15, 0.2) is 0 Å². The van der Waals surface area contributed by atoms with Crippen molar-refractivity contribution in [3.05, 3.63) is 28.2 Å². The molecule has 1 amide bonds. The third kappa shape index (κ3) is 4.82. The predicted octanol–water partition coefficient (Wildman–Crippen LogP) is 1.00. The molecule has 0 heterocycles. The van der Waals surface area contributed by atoms with Gasteiger partial charge in [-0.1, -0.05) is 15.9 Å². The van der Waals surface area contributed by atoms with Crippen LogP contribution in [0.4, 0.5) is 5.69 Å². The molecule has 3 N–H and O–H groups in total. The van der Waals surface area contributed by atoms with Crippen molar-refractivity contribution in [3.8, 4) is 0 Å². The summed E-state index contributed by atoms with van der Waals surface area (Å²) in [5, 5.41) is 9.01. The summed E-state index contributed by atoms with van der Waals surface area (Å²) in [5.41, 5.74) is 6.20. The average molecular weight is 344 g/mol. The van der Waals surface area contributed by atoms with E-state index in [0.717, 1.165) is 4.47 Å². The number of carbonyl (C=O) groups is 2. The van der Waals surface area contributed by atoms with Gasteiger partial charge in [-0.3, -0.25) is 9.59 Å². The van der Waals surface area contributed by atoms with Gasteiger partial charge in [0.05, 0.1) is 11.3 Å². The minimum atomic E-state index is -0.956. The maximum Gasteiger partial charge on any atom is 0.323 e. The van der Waals surface area contributed by atoms with E-state index in [2.05, 4.69) is 15.9 Å². The number of anilines is 1. The van der Waals surface area contributed by atoms with E-state index < -0.39 is 11.9 Å². The van der Waals surface area contributed by atoms with Gasteiger partial charge >= 0.3 is 5.97 Å². The smallest absolute Gasteiger partial charge is 0.323 e. The molecule has 0 spiro atoms. The van der Waals surface area contributed by atoms with Crippen LogP contribution in [-0.2, 0) is 4.79 Å². The zero-order chi connectivity index (χ0) is 15.3. The first-order valence-corrected chi connectivity index (χ1v) is 6.81. The molecule has 0 bridgehead atoms. The summed E-state index contributed by atoms with van der Waals surface area (Å²) in [6, 6.07) is 5.05. The maximum atomic E-state index is 11.5. The van der Waals surface area contributed by atoms with Gasteiger partial charge < -0.3 is 20.6 Å². The second-order valence-electron chi connectivity index (χ2n) is 4.64. The molecule has 7 heteroatoms. The van der Waals surface area contributed by atoms with Gasteiger partial charge in [-0.25, -0.2) is 0 Å². The van der Waals surface area contributed by atoms with Crippen molar-refractivity contribution in [2.75, 3.05) is 38.6 Å². The van der Waals surface area contributed by atoms with Gasteiger partial charge in [0.2, 0.25) is 0 Å². The molecule has 0 fully saturated rings. The molecule has 110 valence electrons. The normalized spacial score (nSPS) is 10.6. The predicted molar refractivity (Wildman–Crippen MR) is 81.1 cm³/mol. The van der Waals surface area contributed by atoms with E-state index in [9.17, 15) is 9.59 Å². The summed E-state index contributed by atoms with van der Waals surface area (Å²) in [6.07, 6.45) is 0. The van der Waals surface area contributed by atoms with Crippen LogP contribution in [0.5, 0.6) is 0 Å². The molecule has 0 aromatic heterocycles. The number of amides is 1. The van der Waals surface area contributed by atoms with Gasteiger partial charge in [0.1, 0.15) is 6.54 Å². The third-order valence-corrected chi connectivity index (χ3v) is 3.20. The maximum absolute atomic E-state index is 11.5. The van der Waals surface area contributed by atoms with Crippen LogP contribution in [0.3, 0.4) is 0 Å². The fourth-order valence-electron chi connectivity index (χ4n) is 1.75. The van der Waals surface area contributed by atoms with Crippen LogP contribution < -0.4 is 10.6 Å². The highest BCUT2D eigenvalue weighted by Gasteiger charge is 2.17. The molecule has 0 radical (unpaired) electrons. The second kappa shape index (κ2) is 7.25. The molecule has 0 saturated carbocycles. The third-order valence-electron chi connectivity index (χ3n) is 2.71. The number of nitrogens with two attached hydrogens (primary N) is 1. The lowest BCUT2D eigenvalue weighted by molar-refractivity contribution is -0.135. The molecule has 1 aromatic rings. The van der Waals surface area contributed by atoms with Crippen LogP contribution in [0.1, 0.15) is 10.4 Å². The number of carboxylic acids is 1. The monoisotopic (exact) mass is 343 g/mol. The highest BCUT2D eigenvalue weighted by Crippen LogP contribution is 2.24. The molecule has 0 aliphatic rings. The standard InChI is InChI=1S/C13H18BrN3O3/c1-16(2)5-6-17(8-12(18)19)11-4-3-9(14)7-10(11)13(15)20/h3-4,7H,5-6,8H2,1-2H3,(H2,15,20)(H,18,19). The molecule has 0 aliphatic carbocycles. The second-order valence-corrected chi connectivity index (χ2v) is 5.56. The van der Waals surface area contributed by atoms with E-state index in [0.29, 0.717) is 24.3 Å². The van der Waals surface area contributed by atoms with Gasteiger partial charge in [-0.15, -0.1) is 0 Å². The van der Waals surface area contributed by atoms with E-state index in [-0.39, 0.29) is 6.54 Å². The summed E-state index contributed by atoms with van der Waals surface area (Å²) >= 11 is 3.28. The fourth-order valence-corrected chi connectivity index (χ4v) is 2.11. The van der Waals surface area contributed by atoms with Crippen molar-refractivity contribution in [3.63, 3.8) is 0 Å². The SMILES string of the molecule is CN(C)CCN(CC(=O)O)c1ccc(Br)cc1C(N)=O. The number of nitrogens with zero attached hydrogens (tertiary/aromatic N) is 2. The number of carbonyl (C=O) groups excluding carboxylic acids is 1. The van der Waals surface area contributed by atoms with Crippen molar-refractivity contribution in [2.24, 2.45) is 5.73 Å². The Bertz CT molecular complexity index is 506. The van der Waals surface area contributed by atoms with E-state index >= 15 is 0 Å². The molecule has 0 aliphatic heterocycles. The molecule has 1 aromatic carbocycles. The van der Waals surface area contributed by atoms with Crippen LogP contribution in [-0.4, -0.2) is 55.6 Å². The van der Waals surface area contributed by atoms with Crippen LogP contribution in [0.15, 0.2) is 22.7 Å². The Morgan fingerprint density at radius 1 is 1.30 bits per heavy atom. The van der Waals surface area contributed by atoms with E-state index in [1.54, 1.807) is 23.1 Å². The quantitative estimate of drug-likeness (QED) is 0.771. The number of primary amides is 1. The Hall–Kier alpha value is -1.60. The first-order chi connectivity index (χ1) is 9.31. The summed E-state index contributed by atoms with van der Waals surface area (Å²) in [4.78, 5) is 26.1. The number of benzene rings is 1. The number of hydrogen-bond donors (Lipinski definition) is 2. The minimum absolute atomic E-state index is 0.185. The Labute approximate surface area is 126 Å². The van der Waals surface area contributed by atoms with Crippen molar-refractivity contribution in [1.29, 1.82) is 0 Å². The van der Waals surface area contributed by atoms with Gasteiger partial charge in [-0.05, 0) is 32.3 Å². The summed E-state index contributed by atoms with van der Waals surface area (Å²) in [7, 11) is 3.80. The molecule has 20 heavy (non-hydrogen) atoms. The Kier molecular flexibility index (Phi) is 5.97. The fraction of sp³-hybridized carbons (Fsp3) is 0.385. The Morgan fingerprint density at radius 2 is 1.95 bits per heavy atom. The van der Waals surface area contributed by atoms with Crippen molar-refractivity contribution < 1.29 is 14.7 Å². The van der Waals surface area contributed by atoms with Crippen LogP contribution in [0.2, 0.25) is 0 Å². The average Bonchev–Trinajstić information content (AvgIpc) is 2.33. The first kappa shape index (κ1) is 16.5. The number of halogens is 1. The lowest BCUT2D eigenvalue weighted by Gasteiger charge is -2.26. The number of rotatable bonds is 7. The van der Waals surface area contributed by atoms with Crippen molar-refractivity contribution in [1.82, 2.24) is 4.90 Å². The lowest BCUT2D eigenvalue weighted by atomic mass is 10.1. The first-order valence-electron chi connectivity index (χ1n) is 6.02. The zero-order valence-corrected chi connectivity index (χ0v) is 13.1. The van der Waals surface area contributed by atoms with Crippen molar-refractivity contribution in [2.45, 2.75) is 0 Å². The van der Waals surface area contributed by atoms with E-state index in [1.807, 2.05) is 19.0 Å². The van der Waals surface area contributed by atoms with Gasteiger partial charge in [-0.2, -0.15) is 0 Å². The van der Waals surface area contributed by atoms with Crippen LogP contribution >= 0.6 is 15.9 Å². The number of likely N-dealkylation sites (N-methyl/N-ethyl adjacent to an activating group) is 1. The largest absolute Gasteiger partial charge is 0.480 e. The molecule has 0 atom stereocenters. The van der Waals surface area contributed by atoms with E-state index in [1.165, 1.54) is 0 Å². The summed E-state index contributed by atoms with van der Waals surface area (Å²) < 4.78 is 0.720. The van der Waals surface area contributed by atoms with Crippen molar-refractivity contribution >= 4 is 33.5 Å². The molecular formula is C13H18BrN3O3. The van der Waals surface area contributed by atoms with Crippen LogP contribution in [0, 0.1) is 0 Å². The number of hydrogen-bond acceptors (Lipinski definition) is 4. The molecule has 0 unspecified atom stereocenters. The Balaban J connectivity index is 3.11. The summed E-state index contributed by atoms with van der Waals surface area (Å²) in [5.74, 6) is -1.54.